The number of rotatable bonds is 1. The van der Waals surface area contributed by atoms with Gasteiger partial charge in [0, 0.05) is 27.8 Å². The van der Waals surface area contributed by atoms with Crippen LogP contribution in [-0.2, 0) is 6.42 Å². The van der Waals surface area contributed by atoms with Crippen molar-refractivity contribution < 1.29 is 9.47 Å². The molecule has 1 aromatic heterocycles. The summed E-state index contributed by atoms with van der Waals surface area (Å²) >= 11 is 1.70. The Bertz CT molecular complexity index is 604. The first kappa shape index (κ1) is 11.4. The van der Waals surface area contributed by atoms with E-state index in [4.69, 9.17) is 15.2 Å². The van der Waals surface area contributed by atoms with E-state index in [9.17, 15) is 0 Å². The van der Waals surface area contributed by atoms with Crippen LogP contribution in [0.1, 0.15) is 10.4 Å². The highest BCUT2D eigenvalue weighted by Crippen LogP contribution is 2.47. The van der Waals surface area contributed by atoms with Crippen LogP contribution >= 0.6 is 11.3 Å². The van der Waals surface area contributed by atoms with Gasteiger partial charge in [0.05, 0.1) is 19.4 Å². The number of hydrogen-bond acceptors (Lipinski definition) is 4. The summed E-state index contributed by atoms with van der Waals surface area (Å²) in [5.41, 5.74) is 10.1. The van der Waals surface area contributed by atoms with Crippen molar-refractivity contribution >= 4 is 17.0 Å². The Morgan fingerprint density at radius 2 is 2.22 bits per heavy atom. The van der Waals surface area contributed by atoms with Gasteiger partial charge in [-0.1, -0.05) is 6.07 Å². The maximum atomic E-state index is 6.01. The zero-order chi connectivity index (χ0) is 12.7. The molecule has 0 saturated heterocycles. The molecule has 0 atom stereocenters. The van der Waals surface area contributed by atoms with Gasteiger partial charge in [-0.05, 0) is 18.6 Å². The lowest BCUT2D eigenvalue weighted by Gasteiger charge is -2.13. The van der Waals surface area contributed by atoms with E-state index in [0.29, 0.717) is 12.3 Å². The molecule has 2 N–H and O–H groups in total. The number of methoxy groups -OCH3 is 1. The van der Waals surface area contributed by atoms with Crippen molar-refractivity contribution in [2.45, 2.75) is 13.3 Å². The Labute approximate surface area is 110 Å². The molecule has 0 unspecified atom stereocenters. The number of thiophene rings is 1. The minimum atomic E-state index is 0.674. The standard InChI is InChI=1S/C14H15NO2S/c1-8-13-10(7-18-8)12-9(5-6-17-13)3-4-11(15)14(12)16-2/h3-4,7H,5-6,15H2,1-2H3. The average molecular weight is 261 g/mol. The van der Waals surface area contributed by atoms with Gasteiger partial charge in [0.2, 0.25) is 0 Å². The largest absolute Gasteiger partial charge is 0.494 e. The number of benzene rings is 1. The summed E-state index contributed by atoms with van der Waals surface area (Å²) in [6, 6.07) is 3.97. The quantitative estimate of drug-likeness (QED) is 0.801. The molecule has 2 heterocycles. The highest BCUT2D eigenvalue weighted by molar-refractivity contribution is 7.10. The highest BCUT2D eigenvalue weighted by Gasteiger charge is 2.23. The van der Waals surface area contributed by atoms with E-state index in [1.54, 1.807) is 18.4 Å². The molecule has 4 heteroatoms. The molecule has 3 nitrogen and oxygen atoms in total. The van der Waals surface area contributed by atoms with Crippen LogP contribution in [0.4, 0.5) is 5.69 Å². The number of hydrogen-bond donors (Lipinski definition) is 1. The van der Waals surface area contributed by atoms with Crippen molar-refractivity contribution in [3.63, 3.8) is 0 Å². The zero-order valence-electron chi connectivity index (χ0n) is 10.4. The van der Waals surface area contributed by atoms with E-state index in [1.807, 2.05) is 6.07 Å². The van der Waals surface area contributed by atoms with Gasteiger partial charge in [-0.2, -0.15) is 0 Å². The maximum Gasteiger partial charge on any atom is 0.150 e. The Kier molecular flexibility index (Phi) is 2.67. The van der Waals surface area contributed by atoms with Crippen LogP contribution in [0.2, 0.25) is 0 Å². The molecule has 0 aliphatic carbocycles. The van der Waals surface area contributed by atoms with Crippen molar-refractivity contribution in [3.8, 4) is 22.6 Å². The van der Waals surface area contributed by atoms with Crippen LogP contribution in [0, 0.1) is 6.92 Å². The van der Waals surface area contributed by atoms with E-state index < -0.39 is 0 Å². The summed E-state index contributed by atoms with van der Waals surface area (Å²) in [5.74, 6) is 1.74. The molecule has 1 aliphatic heterocycles. The fraction of sp³-hybridized carbons (Fsp3) is 0.286. The van der Waals surface area contributed by atoms with Crippen molar-refractivity contribution in [2.24, 2.45) is 0 Å². The molecule has 0 amide bonds. The lowest BCUT2D eigenvalue weighted by Crippen LogP contribution is -2.00. The topological polar surface area (TPSA) is 44.5 Å². The van der Waals surface area contributed by atoms with Crippen molar-refractivity contribution in [2.75, 3.05) is 19.5 Å². The Morgan fingerprint density at radius 1 is 1.39 bits per heavy atom. The lowest BCUT2D eigenvalue weighted by atomic mass is 9.98. The molecule has 0 saturated carbocycles. The van der Waals surface area contributed by atoms with E-state index in [0.717, 1.165) is 29.0 Å². The predicted molar refractivity (Wildman–Crippen MR) is 74.7 cm³/mol. The van der Waals surface area contributed by atoms with Gasteiger partial charge in [-0.15, -0.1) is 11.3 Å². The SMILES string of the molecule is COc1c(N)ccc2c1-c1csc(C)c1OCC2. The van der Waals surface area contributed by atoms with Crippen molar-refractivity contribution in [1.29, 1.82) is 0 Å². The average Bonchev–Trinajstić information content (AvgIpc) is 2.62. The maximum absolute atomic E-state index is 6.01. The van der Waals surface area contributed by atoms with Crippen molar-refractivity contribution in [3.05, 3.63) is 28.0 Å². The van der Waals surface area contributed by atoms with E-state index in [2.05, 4.69) is 18.4 Å². The van der Waals surface area contributed by atoms with Crippen LogP contribution in [0.5, 0.6) is 11.5 Å². The van der Waals surface area contributed by atoms with Crippen LogP contribution in [0.25, 0.3) is 11.1 Å². The Hall–Kier alpha value is -1.68. The van der Waals surface area contributed by atoms with Gasteiger partial charge in [0.15, 0.2) is 0 Å². The third-order valence-corrected chi connectivity index (χ3v) is 4.18. The van der Waals surface area contributed by atoms with Gasteiger partial charge in [-0.3, -0.25) is 0 Å². The smallest absolute Gasteiger partial charge is 0.150 e. The summed E-state index contributed by atoms with van der Waals surface area (Å²) in [6.45, 7) is 2.78. The number of fused-ring (bicyclic) bond motifs is 3. The second-order valence-electron chi connectivity index (χ2n) is 4.36. The summed E-state index contributed by atoms with van der Waals surface area (Å²) in [4.78, 5) is 1.20. The first-order chi connectivity index (χ1) is 8.72. The highest BCUT2D eigenvalue weighted by atomic mass is 32.1. The van der Waals surface area contributed by atoms with Crippen molar-refractivity contribution in [1.82, 2.24) is 0 Å². The van der Waals surface area contributed by atoms with Gasteiger partial charge in [-0.25, -0.2) is 0 Å². The number of ether oxygens (including phenoxy) is 2. The predicted octanol–water partition coefficient (Wildman–Crippen LogP) is 3.25. The van der Waals surface area contributed by atoms with E-state index in [1.165, 1.54) is 10.4 Å². The molecule has 0 radical (unpaired) electrons. The normalized spacial score (nSPS) is 13.2. The first-order valence-corrected chi connectivity index (χ1v) is 6.77. The molecule has 2 aromatic rings. The molecule has 94 valence electrons. The Balaban J connectivity index is 2.33. The molecule has 0 spiro atoms. The van der Waals surface area contributed by atoms with E-state index in [-0.39, 0.29) is 0 Å². The second kappa shape index (κ2) is 4.21. The summed E-state index contributed by atoms with van der Waals surface area (Å²) in [6.07, 6.45) is 0.880. The summed E-state index contributed by atoms with van der Waals surface area (Å²) in [7, 11) is 1.66. The minimum Gasteiger partial charge on any atom is -0.494 e. The molecule has 3 rings (SSSR count). The molecule has 18 heavy (non-hydrogen) atoms. The monoisotopic (exact) mass is 261 g/mol. The fourth-order valence-electron chi connectivity index (χ4n) is 2.42. The van der Waals surface area contributed by atoms with Crippen LogP contribution in [0.3, 0.4) is 0 Å². The third kappa shape index (κ3) is 1.56. The van der Waals surface area contributed by atoms with Gasteiger partial charge >= 0.3 is 0 Å². The number of aryl methyl sites for hydroxylation is 1. The summed E-state index contributed by atoms with van der Waals surface area (Å²) < 4.78 is 11.3. The number of nitrogen functional groups attached to an aromatic ring is 1. The second-order valence-corrected chi connectivity index (χ2v) is 5.44. The number of nitrogens with two attached hydrogens (primary N) is 1. The van der Waals surface area contributed by atoms with Gasteiger partial charge < -0.3 is 15.2 Å². The third-order valence-electron chi connectivity index (χ3n) is 3.28. The zero-order valence-corrected chi connectivity index (χ0v) is 11.3. The first-order valence-electron chi connectivity index (χ1n) is 5.89. The minimum absolute atomic E-state index is 0.674. The van der Waals surface area contributed by atoms with Gasteiger partial charge in [0.25, 0.3) is 0 Å². The van der Waals surface area contributed by atoms with Crippen LogP contribution in [0.15, 0.2) is 17.5 Å². The lowest BCUT2D eigenvalue weighted by molar-refractivity contribution is 0.326. The molecular weight excluding hydrogens is 246 g/mol. The van der Waals surface area contributed by atoms with Gasteiger partial charge in [0.1, 0.15) is 11.5 Å². The molecule has 1 aromatic carbocycles. The van der Waals surface area contributed by atoms with Crippen LogP contribution < -0.4 is 15.2 Å². The molecule has 1 aliphatic rings. The molecule has 0 fully saturated rings. The number of anilines is 1. The molecule has 0 bridgehead atoms. The molecular formula is C14H15NO2S. The Morgan fingerprint density at radius 3 is 3.00 bits per heavy atom. The van der Waals surface area contributed by atoms with Crippen LogP contribution in [-0.4, -0.2) is 13.7 Å². The van der Waals surface area contributed by atoms with E-state index >= 15 is 0 Å². The summed E-state index contributed by atoms with van der Waals surface area (Å²) in [5, 5.41) is 2.12. The fourth-order valence-corrected chi connectivity index (χ4v) is 3.22.